The quantitative estimate of drug-likeness (QED) is 0.544. The lowest BCUT2D eigenvalue weighted by Gasteiger charge is -2.22. The first kappa shape index (κ1) is 20.9. The minimum absolute atomic E-state index is 0.381. The van der Waals surface area contributed by atoms with Gasteiger partial charge in [-0.25, -0.2) is 4.98 Å². The van der Waals surface area contributed by atoms with Crippen molar-refractivity contribution < 1.29 is 4.74 Å². The summed E-state index contributed by atoms with van der Waals surface area (Å²) in [6.45, 7) is 12.4. The molecule has 1 fully saturated rings. The van der Waals surface area contributed by atoms with Gasteiger partial charge >= 0.3 is 0 Å². The van der Waals surface area contributed by atoms with E-state index in [1.54, 1.807) is 0 Å². The number of aromatic nitrogens is 1. The van der Waals surface area contributed by atoms with Crippen molar-refractivity contribution in [3.63, 3.8) is 0 Å². The third kappa shape index (κ3) is 5.39. The van der Waals surface area contributed by atoms with Gasteiger partial charge in [-0.2, -0.15) is 0 Å². The van der Waals surface area contributed by atoms with Gasteiger partial charge in [-0.15, -0.1) is 0 Å². The maximum atomic E-state index is 6.26. The van der Waals surface area contributed by atoms with Crippen LogP contribution in [-0.4, -0.2) is 24.1 Å². The van der Waals surface area contributed by atoms with Gasteiger partial charge in [0.1, 0.15) is 5.75 Å². The molecule has 1 aromatic heterocycles. The van der Waals surface area contributed by atoms with Crippen LogP contribution in [0.15, 0.2) is 18.2 Å². The molecular formula is C23H32ClN3O. The van der Waals surface area contributed by atoms with Crippen molar-refractivity contribution in [1.29, 1.82) is 0 Å². The molecule has 2 N–H and O–H groups in total. The predicted molar refractivity (Wildman–Crippen MR) is 118 cm³/mol. The third-order valence-corrected chi connectivity index (χ3v) is 5.57. The molecule has 2 aromatic rings. The molecule has 0 amide bonds. The highest BCUT2D eigenvalue weighted by Crippen LogP contribution is 2.34. The maximum Gasteiger partial charge on any atom is 0.224 e. The summed E-state index contributed by atoms with van der Waals surface area (Å²) in [5, 5.41) is 8.02. The molecule has 1 heterocycles. The lowest BCUT2D eigenvalue weighted by Crippen LogP contribution is -2.33. The average molecular weight is 402 g/mol. The van der Waals surface area contributed by atoms with Crippen molar-refractivity contribution in [2.75, 3.05) is 18.4 Å². The molecule has 0 spiro atoms. The Balaban J connectivity index is 1.77. The highest BCUT2D eigenvalue weighted by molar-refractivity contribution is 6.30. The molecule has 4 nitrogen and oxygen atoms in total. The zero-order valence-corrected chi connectivity index (χ0v) is 18.4. The van der Waals surface area contributed by atoms with Crippen LogP contribution >= 0.6 is 11.6 Å². The fourth-order valence-corrected chi connectivity index (χ4v) is 3.74. The van der Waals surface area contributed by atoms with E-state index in [-0.39, 0.29) is 0 Å². The first-order valence-electron chi connectivity index (χ1n) is 10.3. The van der Waals surface area contributed by atoms with E-state index in [4.69, 9.17) is 16.3 Å². The molecule has 152 valence electrons. The number of anilines is 1. The molecule has 0 aliphatic heterocycles. The van der Waals surface area contributed by atoms with Gasteiger partial charge in [-0.1, -0.05) is 18.5 Å². The average Bonchev–Trinajstić information content (AvgIpc) is 3.44. The molecule has 1 aliphatic carbocycles. The van der Waals surface area contributed by atoms with Gasteiger partial charge in [0.25, 0.3) is 0 Å². The molecule has 5 heteroatoms. The monoisotopic (exact) mass is 401 g/mol. The zero-order chi connectivity index (χ0) is 20.3. The van der Waals surface area contributed by atoms with Crippen LogP contribution in [0.3, 0.4) is 0 Å². The first-order valence-corrected chi connectivity index (χ1v) is 10.6. The van der Waals surface area contributed by atoms with Gasteiger partial charge in [0.2, 0.25) is 5.88 Å². The van der Waals surface area contributed by atoms with Crippen LogP contribution in [0, 0.1) is 33.6 Å². The Morgan fingerprint density at radius 2 is 1.82 bits per heavy atom. The molecule has 3 rings (SSSR count). The Bertz CT molecular complexity index is 810. The fourth-order valence-electron chi connectivity index (χ4n) is 3.41. The molecule has 1 aromatic carbocycles. The second-order valence-corrected chi connectivity index (χ2v) is 8.50. The van der Waals surface area contributed by atoms with Crippen molar-refractivity contribution in [3.05, 3.63) is 45.6 Å². The minimum atomic E-state index is 0.381. The number of hydrogen-bond donors (Lipinski definition) is 2. The van der Waals surface area contributed by atoms with Gasteiger partial charge < -0.3 is 15.4 Å². The van der Waals surface area contributed by atoms with E-state index in [9.17, 15) is 0 Å². The number of rotatable bonds is 9. The number of nitrogens with zero attached hydrogens (tertiary/aromatic N) is 1. The lowest BCUT2D eigenvalue weighted by atomic mass is 10.1. The summed E-state index contributed by atoms with van der Waals surface area (Å²) in [5.74, 6) is 2.37. The second-order valence-electron chi connectivity index (χ2n) is 8.06. The number of hydrogen-bond acceptors (Lipinski definition) is 4. The van der Waals surface area contributed by atoms with Crippen molar-refractivity contribution in [2.45, 2.75) is 59.9 Å². The second kappa shape index (κ2) is 9.15. The van der Waals surface area contributed by atoms with E-state index in [2.05, 4.69) is 35.5 Å². The summed E-state index contributed by atoms with van der Waals surface area (Å²) >= 11 is 6.16. The maximum absolute atomic E-state index is 6.26. The molecule has 1 aliphatic rings. The van der Waals surface area contributed by atoms with Gasteiger partial charge in [0.15, 0.2) is 0 Å². The van der Waals surface area contributed by atoms with Crippen molar-refractivity contribution in [2.24, 2.45) is 5.92 Å². The van der Waals surface area contributed by atoms with Crippen LogP contribution in [0.2, 0.25) is 5.02 Å². The van der Waals surface area contributed by atoms with Gasteiger partial charge in [-0.3, -0.25) is 0 Å². The van der Waals surface area contributed by atoms with Crippen LogP contribution in [0.5, 0.6) is 11.6 Å². The fraction of sp³-hybridized carbons (Fsp3) is 0.522. The Morgan fingerprint density at radius 3 is 2.43 bits per heavy atom. The highest BCUT2D eigenvalue weighted by atomic mass is 35.5. The number of aryl methyl sites for hydroxylation is 3. The normalized spacial score (nSPS) is 14.8. The summed E-state index contributed by atoms with van der Waals surface area (Å²) in [6, 6.07) is 6.33. The third-order valence-electron chi connectivity index (χ3n) is 5.35. The van der Waals surface area contributed by atoms with Crippen LogP contribution < -0.4 is 15.4 Å². The summed E-state index contributed by atoms with van der Waals surface area (Å²) in [5.41, 5.74) is 5.08. The van der Waals surface area contributed by atoms with E-state index in [1.807, 2.05) is 32.9 Å². The molecule has 0 radical (unpaired) electrons. The van der Waals surface area contributed by atoms with E-state index >= 15 is 0 Å². The number of halogens is 1. The summed E-state index contributed by atoms with van der Waals surface area (Å²) < 4.78 is 6.26. The largest absolute Gasteiger partial charge is 0.438 e. The standard InChI is InChI=1S/C23H32ClN3O/c1-6-20(13-25-12-18-7-8-18)27-21-11-16(4)26-23(17(21)5)28-22-14(2)9-19(24)10-15(22)3/h9-11,18,20,25H,6-8,12-13H2,1-5H3,(H,26,27). The van der Waals surface area contributed by atoms with Gasteiger partial charge in [-0.05, 0) is 88.7 Å². The molecule has 1 atom stereocenters. The number of pyridine rings is 1. The van der Waals surface area contributed by atoms with Crippen LogP contribution in [-0.2, 0) is 0 Å². The molecule has 28 heavy (non-hydrogen) atoms. The number of benzene rings is 1. The van der Waals surface area contributed by atoms with Crippen molar-refractivity contribution >= 4 is 17.3 Å². The number of nitrogens with one attached hydrogen (secondary N) is 2. The van der Waals surface area contributed by atoms with Crippen molar-refractivity contribution in [3.8, 4) is 11.6 Å². The SMILES string of the molecule is CCC(CNCC1CC1)Nc1cc(C)nc(Oc2c(C)cc(Cl)cc2C)c1C. The Hall–Kier alpha value is -1.78. The van der Waals surface area contributed by atoms with E-state index < -0.39 is 0 Å². The Kier molecular flexibility index (Phi) is 6.84. The summed E-state index contributed by atoms with van der Waals surface area (Å²) in [7, 11) is 0. The lowest BCUT2D eigenvalue weighted by molar-refractivity contribution is 0.451. The van der Waals surface area contributed by atoms with Crippen LogP contribution in [0.1, 0.15) is 48.6 Å². The predicted octanol–water partition coefficient (Wildman–Crippen LogP) is 5.95. The van der Waals surface area contributed by atoms with Crippen LogP contribution in [0.25, 0.3) is 0 Å². The number of ether oxygens (including phenoxy) is 1. The van der Waals surface area contributed by atoms with E-state index in [0.717, 1.165) is 64.3 Å². The topological polar surface area (TPSA) is 46.2 Å². The summed E-state index contributed by atoms with van der Waals surface area (Å²) in [4.78, 5) is 4.65. The summed E-state index contributed by atoms with van der Waals surface area (Å²) in [6.07, 6.45) is 3.82. The molecule has 1 unspecified atom stereocenters. The van der Waals surface area contributed by atoms with E-state index in [1.165, 1.54) is 12.8 Å². The minimum Gasteiger partial charge on any atom is -0.438 e. The highest BCUT2D eigenvalue weighted by Gasteiger charge is 2.21. The molecule has 0 saturated heterocycles. The zero-order valence-electron chi connectivity index (χ0n) is 17.7. The molecular weight excluding hydrogens is 370 g/mol. The van der Waals surface area contributed by atoms with Gasteiger partial charge in [0.05, 0.1) is 0 Å². The smallest absolute Gasteiger partial charge is 0.224 e. The van der Waals surface area contributed by atoms with Gasteiger partial charge in [0, 0.05) is 34.6 Å². The van der Waals surface area contributed by atoms with Crippen LogP contribution in [0.4, 0.5) is 5.69 Å². The molecule has 0 bridgehead atoms. The van der Waals surface area contributed by atoms with Crippen molar-refractivity contribution in [1.82, 2.24) is 10.3 Å². The Labute approximate surface area is 174 Å². The Morgan fingerprint density at radius 1 is 1.14 bits per heavy atom. The molecule has 1 saturated carbocycles. The first-order chi connectivity index (χ1) is 13.4. The van der Waals surface area contributed by atoms with E-state index in [0.29, 0.717) is 11.9 Å².